The molecule has 198 valence electrons. The van der Waals surface area contributed by atoms with Crippen LogP contribution in [0.5, 0.6) is 17.2 Å². The second-order valence-corrected chi connectivity index (χ2v) is 10.4. The smallest absolute Gasteiger partial charge is 0.231 e. The number of fused-ring (bicyclic) bond motifs is 1. The molecule has 2 aliphatic rings. The summed E-state index contributed by atoms with van der Waals surface area (Å²) in [5, 5.41) is 21.5. The maximum Gasteiger partial charge on any atom is 0.231 e. The number of benzene rings is 2. The summed E-state index contributed by atoms with van der Waals surface area (Å²) >= 11 is 0. The van der Waals surface area contributed by atoms with Crippen LogP contribution in [-0.2, 0) is 15.8 Å². The van der Waals surface area contributed by atoms with Crippen LogP contribution in [0, 0.1) is 5.82 Å². The third-order valence-corrected chi connectivity index (χ3v) is 7.22. The number of ether oxygens (including phenoxy) is 2. The number of pyridine rings is 1. The number of primary amides is 1. The van der Waals surface area contributed by atoms with E-state index < -0.39 is 22.7 Å². The quantitative estimate of drug-likeness (QED) is 0.361. The van der Waals surface area contributed by atoms with E-state index in [1.807, 2.05) is 0 Å². The van der Waals surface area contributed by atoms with Crippen LogP contribution in [0.25, 0.3) is 11.3 Å². The number of phenolic OH excluding ortho intramolecular Hbond substituents is 1. The Bertz CT molecular complexity index is 1420. The fourth-order valence-corrected chi connectivity index (χ4v) is 4.44. The number of aliphatic hydroxyl groups is 1. The van der Waals surface area contributed by atoms with Gasteiger partial charge in [-0.2, -0.15) is 0 Å². The molecule has 0 radical (unpaired) electrons. The molecule has 1 aliphatic heterocycles. The van der Waals surface area contributed by atoms with Crippen molar-refractivity contribution in [1.29, 1.82) is 0 Å². The predicted molar refractivity (Wildman–Crippen MR) is 137 cm³/mol. The second-order valence-electron chi connectivity index (χ2n) is 10.4. The van der Waals surface area contributed by atoms with Crippen molar-refractivity contribution in [3.63, 3.8) is 0 Å². The summed E-state index contributed by atoms with van der Waals surface area (Å²) in [7, 11) is 0. The van der Waals surface area contributed by atoms with E-state index in [-0.39, 0.29) is 48.5 Å². The van der Waals surface area contributed by atoms with Crippen LogP contribution in [0.4, 0.5) is 4.39 Å². The van der Waals surface area contributed by atoms with E-state index in [1.165, 1.54) is 42.5 Å². The molecule has 0 bridgehead atoms. The summed E-state index contributed by atoms with van der Waals surface area (Å²) < 4.78 is 25.1. The Morgan fingerprint density at radius 3 is 2.58 bits per heavy atom. The Hall–Kier alpha value is -3.98. The van der Waals surface area contributed by atoms with Crippen LogP contribution in [0.1, 0.15) is 61.1 Å². The molecular formula is C29H29FN2O6. The van der Waals surface area contributed by atoms with Crippen LogP contribution < -0.4 is 15.2 Å². The fourth-order valence-electron chi connectivity index (χ4n) is 4.44. The third kappa shape index (κ3) is 4.81. The van der Waals surface area contributed by atoms with Crippen LogP contribution in [0.15, 0.2) is 48.5 Å². The van der Waals surface area contributed by atoms with Crippen molar-refractivity contribution in [2.75, 3.05) is 6.61 Å². The zero-order valence-corrected chi connectivity index (χ0v) is 21.2. The van der Waals surface area contributed by atoms with Crippen molar-refractivity contribution >= 4 is 11.7 Å². The SMILES string of the molecule is C[C@](O)(CCC(=O)c1ccc(O)c(OC2CC2)c1)c1cc2c(c(-c3ccc(F)cc3)n1)OC[C@]2(C)C(N)=O. The van der Waals surface area contributed by atoms with Gasteiger partial charge < -0.3 is 25.4 Å². The number of Topliss-reactive ketones (excluding diaryl/α,β-unsaturated/α-hetero) is 1. The van der Waals surface area contributed by atoms with Crippen LogP contribution in [0.2, 0.25) is 0 Å². The van der Waals surface area contributed by atoms with Crippen molar-refractivity contribution in [1.82, 2.24) is 4.98 Å². The minimum atomic E-state index is -1.56. The van der Waals surface area contributed by atoms with E-state index in [1.54, 1.807) is 19.9 Å². The van der Waals surface area contributed by atoms with Gasteiger partial charge in [-0.25, -0.2) is 9.37 Å². The number of hydrogen-bond donors (Lipinski definition) is 3. The summed E-state index contributed by atoms with van der Waals surface area (Å²) in [6, 6.07) is 11.7. The van der Waals surface area contributed by atoms with E-state index in [0.717, 1.165) is 12.8 Å². The first-order chi connectivity index (χ1) is 18.0. The van der Waals surface area contributed by atoms with Crippen molar-refractivity contribution in [2.24, 2.45) is 5.73 Å². The molecule has 2 heterocycles. The average Bonchev–Trinajstić information content (AvgIpc) is 3.64. The van der Waals surface area contributed by atoms with Gasteiger partial charge in [0.1, 0.15) is 34.9 Å². The maximum absolute atomic E-state index is 13.6. The number of nitrogens with two attached hydrogens (primary N) is 1. The lowest BCUT2D eigenvalue weighted by Gasteiger charge is -2.26. The number of hydrogen-bond acceptors (Lipinski definition) is 7. The number of aromatic hydroxyl groups is 1. The number of amides is 1. The molecule has 0 saturated heterocycles. The number of nitrogens with zero attached hydrogens (tertiary/aromatic N) is 1. The van der Waals surface area contributed by atoms with Gasteiger partial charge >= 0.3 is 0 Å². The highest BCUT2D eigenvalue weighted by Crippen LogP contribution is 2.46. The Balaban J connectivity index is 1.45. The van der Waals surface area contributed by atoms with Crippen LogP contribution >= 0.6 is 0 Å². The lowest BCUT2D eigenvalue weighted by Crippen LogP contribution is -2.40. The van der Waals surface area contributed by atoms with E-state index in [2.05, 4.69) is 4.98 Å². The van der Waals surface area contributed by atoms with E-state index in [9.17, 15) is 24.2 Å². The lowest BCUT2D eigenvalue weighted by atomic mass is 9.81. The number of carbonyl (C=O) groups is 2. The minimum Gasteiger partial charge on any atom is -0.504 e. The largest absolute Gasteiger partial charge is 0.504 e. The molecule has 0 unspecified atom stereocenters. The van der Waals surface area contributed by atoms with Crippen LogP contribution in [0.3, 0.4) is 0 Å². The number of halogens is 1. The van der Waals surface area contributed by atoms with Gasteiger partial charge in [-0.1, -0.05) is 0 Å². The Kier molecular flexibility index (Phi) is 6.35. The number of aromatic nitrogens is 1. The molecule has 9 heteroatoms. The summed E-state index contributed by atoms with van der Waals surface area (Å²) in [5.74, 6) is -0.674. The first kappa shape index (κ1) is 25.7. The van der Waals surface area contributed by atoms with Crippen molar-refractivity contribution in [3.8, 4) is 28.5 Å². The molecule has 4 N–H and O–H groups in total. The van der Waals surface area contributed by atoms with E-state index in [0.29, 0.717) is 28.1 Å². The molecule has 1 saturated carbocycles. The fraction of sp³-hybridized carbons (Fsp3) is 0.345. The molecule has 1 aromatic heterocycles. The molecule has 5 rings (SSSR count). The number of rotatable bonds is 9. The van der Waals surface area contributed by atoms with Gasteiger partial charge in [-0.3, -0.25) is 9.59 Å². The minimum absolute atomic E-state index is 0.00371. The van der Waals surface area contributed by atoms with Gasteiger partial charge in [0.05, 0.1) is 11.8 Å². The summed E-state index contributed by atoms with van der Waals surface area (Å²) in [6.07, 6.45) is 1.88. The van der Waals surface area contributed by atoms with Crippen molar-refractivity contribution in [3.05, 3.63) is 71.2 Å². The third-order valence-electron chi connectivity index (χ3n) is 7.22. The highest BCUT2D eigenvalue weighted by atomic mass is 19.1. The molecule has 1 fully saturated rings. The zero-order valence-electron chi connectivity index (χ0n) is 21.2. The van der Waals surface area contributed by atoms with Gasteiger partial charge in [-0.05, 0) is 81.6 Å². The Labute approximate surface area is 219 Å². The molecule has 8 nitrogen and oxygen atoms in total. The topological polar surface area (TPSA) is 132 Å². The molecule has 3 aromatic rings. The molecule has 0 spiro atoms. The molecule has 1 aliphatic carbocycles. The standard InChI is InChI=1S/C29H29FN2O6/c1-28(27(31)35)15-37-26-20(28)14-24(32-25(26)16-3-6-18(30)7-4-16)29(2,36)12-11-21(33)17-5-10-22(34)23(13-17)38-19-8-9-19/h3-7,10,13-14,19,34,36H,8-9,11-12,15H2,1-2H3,(H2,31,35)/t28-,29-/m0/s1. The first-order valence-corrected chi connectivity index (χ1v) is 12.5. The van der Waals surface area contributed by atoms with E-state index in [4.69, 9.17) is 15.2 Å². The van der Waals surface area contributed by atoms with Gasteiger partial charge in [0.2, 0.25) is 5.91 Å². The monoisotopic (exact) mass is 520 g/mol. The van der Waals surface area contributed by atoms with Gasteiger partial charge in [0, 0.05) is 23.1 Å². The number of carbonyl (C=O) groups excluding carboxylic acids is 2. The molecule has 1 amide bonds. The van der Waals surface area contributed by atoms with Gasteiger partial charge in [-0.15, -0.1) is 0 Å². The van der Waals surface area contributed by atoms with Gasteiger partial charge in [0.15, 0.2) is 17.3 Å². The molecule has 38 heavy (non-hydrogen) atoms. The van der Waals surface area contributed by atoms with Gasteiger partial charge in [0.25, 0.3) is 0 Å². The summed E-state index contributed by atoms with van der Waals surface area (Å²) in [6.45, 7) is 3.20. The number of ketones is 1. The summed E-state index contributed by atoms with van der Waals surface area (Å²) in [4.78, 5) is 30.0. The molecular weight excluding hydrogens is 491 g/mol. The lowest BCUT2D eigenvalue weighted by molar-refractivity contribution is -0.123. The highest BCUT2D eigenvalue weighted by molar-refractivity contribution is 5.96. The maximum atomic E-state index is 13.6. The molecule has 2 atom stereocenters. The van der Waals surface area contributed by atoms with Crippen LogP contribution in [-0.4, -0.2) is 39.6 Å². The normalized spacial score (nSPS) is 19.8. The zero-order chi connectivity index (χ0) is 27.2. The van der Waals surface area contributed by atoms with Crippen molar-refractivity contribution < 1.29 is 33.7 Å². The average molecular weight is 521 g/mol. The Morgan fingerprint density at radius 2 is 1.92 bits per heavy atom. The van der Waals surface area contributed by atoms with Crippen molar-refractivity contribution in [2.45, 2.75) is 56.7 Å². The summed E-state index contributed by atoms with van der Waals surface area (Å²) in [5.41, 5.74) is 4.93. The first-order valence-electron chi connectivity index (χ1n) is 12.5. The Morgan fingerprint density at radius 1 is 1.21 bits per heavy atom. The second kappa shape index (κ2) is 9.40. The van der Waals surface area contributed by atoms with E-state index >= 15 is 0 Å². The molecule has 2 aromatic carbocycles. The highest BCUT2D eigenvalue weighted by Gasteiger charge is 2.45. The predicted octanol–water partition coefficient (Wildman–Crippen LogP) is 4.14. The number of phenols is 1.